The van der Waals surface area contributed by atoms with Crippen molar-refractivity contribution in [3.05, 3.63) is 41.6 Å². The van der Waals surface area contributed by atoms with E-state index in [2.05, 4.69) is 63.1 Å². The molecule has 1 aliphatic rings. The third kappa shape index (κ3) is 9.35. The number of nitrogen functional groups attached to an aromatic ring is 1. The molecule has 0 amide bonds. The van der Waals surface area contributed by atoms with Crippen LogP contribution in [0.25, 0.3) is 23.0 Å². The molecule has 4 rings (SSSR count). The van der Waals surface area contributed by atoms with E-state index >= 15 is 0 Å². The second-order valence-corrected chi connectivity index (χ2v) is 8.14. The second kappa shape index (κ2) is 18.2. The number of fused-ring (bicyclic) bond motifs is 1. The summed E-state index contributed by atoms with van der Waals surface area (Å²) in [6, 6.07) is 2.14. The number of carbonyl (C=O) groups excluding carboxylic acids is 1. The number of nitrogens with two attached hydrogens (primary N) is 1. The SMILES string of the molecule is CC.CC.CC.CC(C)OC=O.CC/C=C\c1[nH]c(-c2nc(C3CN(C)C3)n3ccnc(N)c23)cc1C. The Morgan fingerprint density at radius 2 is 1.81 bits per heavy atom. The number of imidazole rings is 1. The summed E-state index contributed by atoms with van der Waals surface area (Å²) in [4.78, 5) is 24.4. The van der Waals surface area contributed by atoms with E-state index in [1.807, 2.05) is 47.7 Å². The molecule has 208 valence electrons. The maximum absolute atomic E-state index is 9.39. The number of H-pyrrole nitrogens is 1. The molecular weight excluding hydrogens is 464 g/mol. The number of aryl methyl sites for hydroxylation is 1. The van der Waals surface area contributed by atoms with Crippen molar-refractivity contribution in [1.82, 2.24) is 24.3 Å². The van der Waals surface area contributed by atoms with Gasteiger partial charge >= 0.3 is 0 Å². The van der Waals surface area contributed by atoms with Gasteiger partial charge in [0.05, 0.1) is 11.8 Å². The molecule has 0 spiro atoms. The molecule has 0 unspecified atom stereocenters. The van der Waals surface area contributed by atoms with Crippen molar-refractivity contribution < 1.29 is 9.53 Å². The van der Waals surface area contributed by atoms with Crippen molar-refractivity contribution in [1.29, 1.82) is 0 Å². The van der Waals surface area contributed by atoms with Crippen LogP contribution in [0.5, 0.6) is 0 Å². The maximum Gasteiger partial charge on any atom is 0.293 e. The Balaban J connectivity index is 0.000000929. The Labute approximate surface area is 224 Å². The van der Waals surface area contributed by atoms with E-state index < -0.39 is 0 Å². The minimum Gasteiger partial charge on any atom is -0.465 e. The largest absolute Gasteiger partial charge is 0.465 e. The third-order valence-electron chi connectivity index (χ3n) is 5.20. The van der Waals surface area contributed by atoms with Crippen LogP contribution in [0.3, 0.4) is 0 Å². The minimum atomic E-state index is 0.0301. The van der Waals surface area contributed by atoms with E-state index in [4.69, 9.17) is 10.7 Å². The highest BCUT2D eigenvalue weighted by Gasteiger charge is 2.30. The lowest BCUT2D eigenvalue weighted by molar-refractivity contribution is -0.131. The summed E-state index contributed by atoms with van der Waals surface area (Å²) >= 11 is 0. The Morgan fingerprint density at radius 3 is 2.30 bits per heavy atom. The van der Waals surface area contributed by atoms with Gasteiger partial charge < -0.3 is 20.4 Å². The highest BCUT2D eigenvalue weighted by molar-refractivity contribution is 5.85. The standard InChI is InChI=1S/C19H24N6.C4H8O2.3C2H6/c1-4-5-6-14-12(2)9-15(22-14)16-17-18(20)21-7-8-25(17)19(23-16)13-10-24(3)11-13;1-4(2)6-3-5;3*1-2/h5-9,13,22H,4,10-11H2,1-3H3,(H2,20,21);3-4H,1-2H3;3*1-2H3/b6-5-;;;;. The fourth-order valence-electron chi connectivity index (χ4n) is 3.65. The molecule has 3 aromatic heterocycles. The number of allylic oxidation sites excluding steroid dienone is 1. The van der Waals surface area contributed by atoms with Crippen LogP contribution in [0.2, 0.25) is 0 Å². The van der Waals surface area contributed by atoms with Gasteiger partial charge in [-0.2, -0.15) is 0 Å². The first-order chi connectivity index (χ1) is 17.8. The van der Waals surface area contributed by atoms with Crippen LogP contribution in [0.4, 0.5) is 5.82 Å². The molecule has 0 bridgehead atoms. The van der Waals surface area contributed by atoms with Crippen molar-refractivity contribution in [3.8, 4) is 11.4 Å². The normalized spacial score (nSPS) is 12.8. The van der Waals surface area contributed by atoms with Gasteiger partial charge in [0.1, 0.15) is 22.9 Å². The molecule has 0 radical (unpaired) electrons. The van der Waals surface area contributed by atoms with Crippen molar-refractivity contribution in [2.45, 2.75) is 87.7 Å². The Morgan fingerprint density at radius 1 is 1.19 bits per heavy atom. The number of rotatable bonds is 6. The van der Waals surface area contributed by atoms with E-state index in [1.54, 1.807) is 20.0 Å². The second-order valence-electron chi connectivity index (χ2n) is 8.14. The number of anilines is 1. The van der Waals surface area contributed by atoms with Crippen LogP contribution >= 0.6 is 0 Å². The van der Waals surface area contributed by atoms with E-state index in [9.17, 15) is 4.79 Å². The summed E-state index contributed by atoms with van der Waals surface area (Å²) in [5.41, 5.74) is 11.3. The van der Waals surface area contributed by atoms with Gasteiger partial charge in [0.2, 0.25) is 0 Å². The number of nitrogens with one attached hydrogen (secondary N) is 1. The lowest BCUT2D eigenvalue weighted by Gasteiger charge is -2.35. The topological polar surface area (TPSA) is 102 Å². The summed E-state index contributed by atoms with van der Waals surface area (Å²) in [6.45, 7) is 22.3. The van der Waals surface area contributed by atoms with Gasteiger partial charge in [-0.15, -0.1) is 0 Å². The predicted molar refractivity (Wildman–Crippen MR) is 158 cm³/mol. The smallest absolute Gasteiger partial charge is 0.293 e. The molecule has 1 saturated heterocycles. The first kappa shape index (κ1) is 33.9. The number of aromatic amines is 1. The Bertz CT molecular complexity index is 1060. The first-order valence-electron chi connectivity index (χ1n) is 13.6. The molecule has 37 heavy (non-hydrogen) atoms. The minimum absolute atomic E-state index is 0.0301. The summed E-state index contributed by atoms with van der Waals surface area (Å²) in [5.74, 6) is 2.01. The zero-order valence-electron chi connectivity index (χ0n) is 24.9. The number of likely N-dealkylation sites (tertiary alicyclic amines) is 1. The van der Waals surface area contributed by atoms with Crippen molar-refractivity contribution >= 4 is 23.9 Å². The molecule has 3 aromatic rings. The number of aromatic nitrogens is 4. The molecular formula is C29H50N6O2. The summed E-state index contributed by atoms with van der Waals surface area (Å²) in [6.07, 6.45) is 9.03. The van der Waals surface area contributed by atoms with Gasteiger partial charge in [-0.1, -0.05) is 54.5 Å². The van der Waals surface area contributed by atoms with Crippen molar-refractivity contribution in [2.24, 2.45) is 0 Å². The van der Waals surface area contributed by atoms with E-state index in [-0.39, 0.29) is 6.10 Å². The van der Waals surface area contributed by atoms with E-state index in [1.165, 1.54) is 5.56 Å². The van der Waals surface area contributed by atoms with E-state index in [0.29, 0.717) is 18.2 Å². The zero-order chi connectivity index (χ0) is 28.5. The average molecular weight is 515 g/mol. The van der Waals surface area contributed by atoms with Crippen molar-refractivity contribution in [2.75, 3.05) is 25.9 Å². The average Bonchev–Trinajstić information content (AvgIpc) is 3.46. The molecule has 0 saturated carbocycles. The quantitative estimate of drug-likeness (QED) is 0.354. The monoisotopic (exact) mass is 514 g/mol. The lowest BCUT2D eigenvalue weighted by atomic mass is 10.0. The van der Waals surface area contributed by atoms with Crippen LogP contribution in [0.1, 0.15) is 91.7 Å². The summed E-state index contributed by atoms with van der Waals surface area (Å²) in [7, 11) is 2.13. The molecule has 1 aliphatic heterocycles. The molecule has 0 aromatic carbocycles. The first-order valence-corrected chi connectivity index (χ1v) is 13.6. The number of hydrogen-bond acceptors (Lipinski definition) is 6. The molecule has 8 nitrogen and oxygen atoms in total. The fourth-order valence-corrected chi connectivity index (χ4v) is 3.65. The highest BCUT2D eigenvalue weighted by atomic mass is 16.5. The molecule has 0 atom stereocenters. The van der Waals surface area contributed by atoms with Gasteiger partial charge in [0.25, 0.3) is 6.47 Å². The van der Waals surface area contributed by atoms with Crippen LogP contribution < -0.4 is 5.73 Å². The summed E-state index contributed by atoms with van der Waals surface area (Å²) < 4.78 is 6.47. The highest BCUT2D eigenvalue weighted by Crippen LogP contribution is 2.33. The van der Waals surface area contributed by atoms with Crippen LogP contribution in [0.15, 0.2) is 24.5 Å². The van der Waals surface area contributed by atoms with Crippen molar-refractivity contribution in [3.63, 3.8) is 0 Å². The fraction of sp³-hybridized carbons (Fsp3) is 0.552. The number of hydrogen-bond donors (Lipinski definition) is 2. The summed E-state index contributed by atoms with van der Waals surface area (Å²) in [5, 5.41) is 0. The molecule has 3 N–H and O–H groups in total. The molecule has 0 aliphatic carbocycles. The third-order valence-corrected chi connectivity index (χ3v) is 5.20. The number of likely N-dealkylation sites (N-methyl/N-ethyl adjacent to an activating group) is 1. The Kier molecular flexibility index (Phi) is 16.6. The maximum atomic E-state index is 9.39. The van der Waals surface area contributed by atoms with Gasteiger partial charge in [-0.3, -0.25) is 9.20 Å². The predicted octanol–water partition coefficient (Wildman–Crippen LogP) is 6.71. The molecule has 1 fully saturated rings. The molecule has 4 heterocycles. The number of carbonyl (C=O) groups is 1. The van der Waals surface area contributed by atoms with Gasteiger partial charge in [-0.25, -0.2) is 9.97 Å². The zero-order valence-corrected chi connectivity index (χ0v) is 24.9. The van der Waals surface area contributed by atoms with Gasteiger partial charge in [-0.05, 0) is 51.9 Å². The van der Waals surface area contributed by atoms with E-state index in [0.717, 1.165) is 47.9 Å². The number of nitrogens with zero attached hydrogens (tertiary/aromatic N) is 4. The lowest BCUT2D eigenvalue weighted by Crippen LogP contribution is -2.42. The Hall–Kier alpha value is -3.13. The number of ether oxygens (including phenoxy) is 1. The molecule has 8 heteroatoms. The van der Waals surface area contributed by atoms with Gasteiger partial charge in [0, 0.05) is 37.1 Å². The van der Waals surface area contributed by atoms with Gasteiger partial charge in [0.15, 0.2) is 0 Å². The van der Waals surface area contributed by atoms with Crippen LogP contribution in [0, 0.1) is 6.92 Å². The van der Waals surface area contributed by atoms with Crippen LogP contribution in [-0.4, -0.2) is 57.0 Å². The van der Waals surface area contributed by atoms with Crippen LogP contribution in [-0.2, 0) is 9.53 Å².